The first-order chi connectivity index (χ1) is 9.42. The number of anilines is 1. The van der Waals surface area contributed by atoms with Gasteiger partial charge in [-0.3, -0.25) is 4.90 Å². The molecule has 0 aliphatic carbocycles. The Morgan fingerprint density at radius 1 is 1.26 bits per heavy atom. The largest absolute Gasteiger partial charge is 0.342 e. The van der Waals surface area contributed by atoms with Gasteiger partial charge in [0.05, 0.1) is 0 Å². The van der Waals surface area contributed by atoms with Gasteiger partial charge in [-0.1, -0.05) is 11.3 Å². The minimum Gasteiger partial charge on any atom is -0.342 e. The van der Waals surface area contributed by atoms with Gasteiger partial charge in [-0.15, -0.1) is 10.2 Å². The Balaban J connectivity index is 1.49. The van der Waals surface area contributed by atoms with Crippen LogP contribution in [-0.2, 0) is 6.54 Å². The summed E-state index contributed by atoms with van der Waals surface area (Å²) in [4.78, 5) is 5.11. The van der Waals surface area contributed by atoms with Crippen molar-refractivity contribution in [3.05, 3.63) is 27.9 Å². The van der Waals surface area contributed by atoms with Gasteiger partial charge in [-0.2, -0.15) is 11.3 Å². The van der Waals surface area contributed by atoms with E-state index in [4.69, 9.17) is 0 Å². The minimum absolute atomic E-state index is 0.645. The zero-order chi connectivity index (χ0) is 12.7. The number of aromatic nitrogens is 2. The summed E-state index contributed by atoms with van der Waals surface area (Å²) >= 11 is 3.46. The predicted octanol–water partition coefficient (Wildman–Crippen LogP) is 2.45. The third-order valence-corrected chi connectivity index (χ3v) is 5.71. The molecule has 0 spiro atoms. The maximum atomic E-state index is 4.24. The average Bonchev–Trinajstić information content (AvgIpc) is 3.15. The van der Waals surface area contributed by atoms with Crippen molar-refractivity contribution in [2.75, 3.05) is 18.0 Å². The Morgan fingerprint density at radius 3 is 3.00 bits per heavy atom. The molecule has 6 heteroatoms. The van der Waals surface area contributed by atoms with Crippen LogP contribution in [0.15, 0.2) is 22.3 Å². The topological polar surface area (TPSA) is 32.3 Å². The fourth-order valence-corrected chi connectivity index (χ4v) is 4.72. The Bertz CT molecular complexity index is 525. The smallest absolute Gasteiger partial charge is 0.208 e. The molecule has 0 aromatic carbocycles. The zero-order valence-corrected chi connectivity index (χ0v) is 12.2. The number of nitrogens with zero attached hydrogens (tertiary/aromatic N) is 4. The van der Waals surface area contributed by atoms with Crippen LogP contribution >= 0.6 is 22.7 Å². The van der Waals surface area contributed by atoms with E-state index in [0.29, 0.717) is 12.1 Å². The van der Waals surface area contributed by atoms with E-state index >= 15 is 0 Å². The van der Waals surface area contributed by atoms with Gasteiger partial charge >= 0.3 is 0 Å². The molecule has 2 saturated heterocycles. The molecule has 0 amide bonds. The van der Waals surface area contributed by atoms with Gasteiger partial charge < -0.3 is 4.90 Å². The second-order valence-corrected chi connectivity index (χ2v) is 6.82. The highest BCUT2D eigenvalue weighted by Crippen LogP contribution is 2.36. The van der Waals surface area contributed by atoms with Gasteiger partial charge in [0.25, 0.3) is 0 Å². The first-order valence-corrected chi connectivity index (χ1v) is 8.52. The normalized spacial score (nSPS) is 27.1. The SMILES string of the molecule is c1cc(CN2CC[C@@H]3[C@@H]2CCN3c2nncs2)cs1. The average molecular weight is 292 g/mol. The number of rotatable bonds is 3. The molecule has 2 aliphatic rings. The van der Waals surface area contributed by atoms with Crippen LogP contribution in [0.2, 0.25) is 0 Å². The van der Waals surface area contributed by atoms with E-state index in [1.165, 1.54) is 24.9 Å². The van der Waals surface area contributed by atoms with E-state index in [0.717, 1.165) is 18.2 Å². The van der Waals surface area contributed by atoms with Gasteiger partial charge in [0.2, 0.25) is 5.13 Å². The molecule has 2 atom stereocenters. The Labute approximate surface area is 120 Å². The quantitative estimate of drug-likeness (QED) is 0.870. The van der Waals surface area contributed by atoms with Gasteiger partial charge in [0.1, 0.15) is 5.51 Å². The van der Waals surface area contributed by atoms with Crippen LogP contribution < -0.4 is 4.90 Å². The van der Waals surface area contributed by atoms with E-state index in [-0.39, 0.29) is 0 Å². The van der Waals surface area contributed by atoms with Crippen LogP contribution in [0.5, 0.6) is 0 Å². The monoisotopic (exact) mass is 292 g/mol. The third kappa shape index (κ3) is 2.07. The van der Waals surface area contributed by atoms with Crippen molar-refractivity contribution < 1.29 is 0 Å². The summed E-state index contributed by atoms with van der Waals surface area (Å²) in [6, 6.07) is 3.59. The summed E-state index contributed by atoms with van der Waals surface area (Å²) in [5, 5.41) is 13.8. The first kappa shape index (κ1) is 11.8. The lowest BCUT2D eigenvalue weighted by Gasteiger charge is -2.24. The van der Waals surface area contributed by atoms with Crippen molar-refractivity contribution >= 4 is 27.8 Å². The van der Waals surface area contributed by atoms with Gasteiger partial charge in [0, 0.05) is 31.7 Å². The van der Waals surface area contributed by atoms with Crippen LogP contribution in [0.4, 0.5) is 5.13 Å². The van der Waals surface area contributed by atoms with Crippen LogP contribution in [0.25, 0.3) is 0 Å². The minimum atomic E-state index is 0.645. The molecule has 0 bridgehead atoms. The highest BCUT2D eigenvalue weighted by atomic mass is 32.1. The molecule has 0 unspecified atom stereocenters. The molecular weight excluding hydrogens is 276 g/mol. The number of thiophene rings is 1. The standard InChI is InChI=1S/C13H16N4S2/c1-4-16(7-10-3-6-18-8-10)11-2-5-17(12(1)11)13-15-14-9-19-13/h3,6,8-9,11-12H,1-2,4-5,7H2/t11-,12+/m0/s1. The molecule has 2 fully saturated rings. The fourth-order valence-electron chi connectivity index (χ4n) is 3.42. The highest BCUT2D eigenvalue weighted by Gasteiger charge is 2.43. The summed E-state index contributed by atoms with van der Waals surface area (Å²) in [7, 11) is 0. The van der Waals surface area contributed by atoms with Gasteiger partial charge in [-0.25, -0.2) is 0 Å². The van der Waals surface area contributed by atoms with Crippen molar-refractivity contribution in [3.63, 3.8) is 0 Å². The second-order valence-electron chi connectivity index (χ2n) is 5.23. The number of hydrogen-bond acceptors (Lipinski definition) is 6. The predicted molar refractivity (Wildman–Crippen MR) is 78.8 cm³/mol. The van der Waals surface area contributed by atoms with Gasteiger partial charge in [-0.05, 0) is 35.2 Å². The molecule has 19 heavy (non-hydrogen) atoms. The Morgan fingerprint density at radius 2 is 2.21 bits per heavy atom. The molecule has 0 radical (unpaired) electrons. The fraction of sp³-hybridized carbons (Fsp3) is 0.538. The molecule has 4 rings (SSSR count). The molecule has 2 aromatic rings. The van der Waals surface area contributed by atoms with Crippen LogP contribution in [0.1, 0.15) is 18.4 Å². The summed E-state index contributed by atoms with van der Waals surface area (Å²) in [5.74, 6) is 0. The maximum Gasteiger partial charge on any atom is 0.208 e. The van der Waals surface area contributed by atoms with Crippen molar-refractivity contribution in [3.8, 4) is 0 Å². The third-order valence-electron chi connectivity index (χ3n) is 4.25. The summed E-state index contributed by atoms with van der Waals surface area (Å²) < 4.78 is 0. The number of fused-ring (bicyclic) bond motifs is 1. The lowest BCUT2D eigenvalue weighted by Crippen LogP contribution is -2.36. The molecule has 0 saturated carbocycles. The lowest BCUT2D eigenvalue weighted by atomic mass is 10.1. The molecule has 0 N–H and O–H groups in total. The number of hydrogen-bond donors (Lipinski definition) is 0. The van der Waals surface area contributed by atoms with E-state index in [2.05, 4.69) is 36.8 Å². The van der Waals surface area contributed by atoms with Crippen molar-refractivity contribution in [1.29, 1.82) is 0 Å². The summed E-state index contributed by atoms with van der Waals surface area (Å²) in [5.41, 5.74) is 3.29. The molecule has 2 aromatic heterocycles. The maximum absolute atomic E-state index is 4.24. The molecule has 100 valence electrons. The van der Waals surface area contributed by atoms with E-state index in [1.54, 1.807) is 22.7 Å². The molecule has 2 aliphatic heterocycles. The van der Waals surface area contributed by atoms with Crippen LogP contribution in [0, 0.1) is 0 Å². The van der Waals surface area contributed by atoms with Crippen LogP contribution in [0.3, 0.4) is 0 Å². The Kier molecular flexibility index (Phi) is 3.01. The molecule has 4 nitrogen and oxygen atoms in total. The van der Waals surface area contributed by atoms with E-state index in [1.807, 2.05) is 5.51 Å². The summed E-state index contributed by atoms with van der Waals surface area (Å²) in [6.45, 7) is 3.44. The van der Waals surface area contributed by atoms with Crippen molar-refractivity contribution in [1.82, 2.24) is 15.1 Å². The highest BCUT2D eigenvalue weighted by molar-refractivity contribution is 7.13. The summed E-state index contributed by atoms with van der Waals surface area (Å²) in [6.07, 6.45) is 2.52. The molecular formula is C13H16N4S2. The van der Waals surface area contributed by atoms with E-state index < -0.39 is 0 Å². The van der Waals surface area contributed by atoms with Crippen molar-refractivity contribution in [2.45, 2.75) is 31.5 Å². The number of likely N-dealkylation sites (tertiary alicyclic amines) is 1. The van der Waals surface area contributed by atoms with Crippen LogP contribution in [-0.4, -0.2) is 40.3 Å². The first-order valence-electron chi connectivity index (χ1n) is 6.70. The Hall–Kier alpha value is -0.980. The molecule has 4 heterocycles. The van der Waals surface area contributed by atoms with Crippen molar-refractivity contribution in [2.24, 2.45) is 0 Å². The van der Waals surface area contributed by atoms with Gasteiger partial charge in [0.15, 0.2) is 0 Å². The second kappa shape index (κ2) is 4.85. The zero-order valence-electron chi connectivity index (χ0n) is 10.6. The lowest BCUT2D eigenvalue weighted by molar-refractivity contribution is 0.246. The van der Waals surface area contributed by atoms with E-state index in [9.17, 15) is 0 Å².